The molecule has 1 atom stereocenters. The van der Waals surface area contributed by atoms with Crippen LogP contribution in [0, 0.1) is 5.92 Å². The van der Waals surface area contributed by atoms with Gasteiger partial charge in [-0.25, -0.2) is 17.1 Å². The number of piperidine rings is 1. The van der Waals surface area contributed by atoms with Gasteiger partial charge in [0, 0.05) is 19.1 Å². The van der Waals surface area contributed by atoms with Gasteiger partial charge in [0.1, 0.15) is 5.67 Å². The van der Waals surface area contributed by atoms with Crippen molar-refractivity contribution in [2.24, 2.45) is 11.7 Å². The summed E-state index contributed by atoms with van der Waals surface area (Å²) >= 11 is 0. The van der Waals surface area contributed by atoms with E-state index in [0.29, 0.717) is 32.4 Å². The van der Waals surface area contributed by atoms with Gasteiger partial charge in [-0.05, 0) is 50.9 Å². The average molecular weight is 292 g/mol. The average Bonchev–Trinajstić information content (AvgIpc) is 2.33. The van der Waals surface area contributed by atoms with E-state index in [0.717, 1.165) is 25.7 Å². The van der Waals surface area contributed by atoms with Crippen LogP contribution in [0.1, 0.15) is 44.9 Å². The zero-order chi connectivity index (χ0) is 14.1. The molecule has 0 bridgehead atoms. The minimum absolute atomic E-state index is 0.141. The van der Waals surface area contributed by atoms with E-state index >= 15 is 0 Å². The lowest BCUT2D eigenvalue weighted by molar-refractivity contribution is 0.0574. The van der Waals surface area contributed by atoms with Crippen LogP contribution < -0.4 is 5.73 Å². The lowest BCUT2D eigenvalue weighted by Crippen LogP contribution is -2.43. The molecule has 2 fully saturated rings. The molecule has 0 spiro atoms. The van der Waals surface area contributed by atoms with Crippen molar-refractivity contribution in [3.63, 3.8) is 0 Å². The maximum atomic E-state index is 14.7. The Morgan fingerprint density at radius 1 is 1.32 bits per heavy atom. The first-order chi connectivity index (χ1) is 8.78. The molecule has 0 aromatic carbocycles. The molecule has 1 saturated heterocycles. The minimum Gasteiger partial charge on any atom is -0.328 e. The third kappa shape index (κ3) is 4.13. The van der Waals surface area contributed by atoms with E-state index in [1.54, 1.807) is 0 Å². The summed E-state index contributed by atoms with van der Waals surface area (Å²) in [6.07, 6.45) is 6.06. The zero-order valence-electron chi connectivity index (χ0n) is 11.6. The third-order valence-electron chi connectivity index (χ3n) is 4.53. The van der Waals surface area contributed by atoms with E-state index in [-0.39, 0.29) is 12.0 Å². The second kappa shape index (κ2) is 5.66. The monoisotopic (exact) mass is 292 g/mol. The molecule has 19 heavy (non-hydrogen) atoms. The lowest BCUT2D eigenvalue weighted by atomic mass is 9.77. The molecule has 112 valence electrons. The standard InChI is InChI=1S/C13H25FN2O2S/c1-19(17,18)16-8-2-3-11(10-16)9-13(14)6-4-12(15)5-7-13/h11-12H,2-10,15H2,1H3. The van der Waals surface area contributed by atoms with Crippen molar-refractivity contribution >= 4 is 10.0 Å². The summed E-state index contributed by atoms with van der Waals surface area (Å²) in [5.41, 5.74) is 4.69. The molecular weight excluding hydrogens is 267 g/mol. The Morgan fingerprint density at radius 2 is 1.95 bits per heavy atom. The smallest absolute Gasteiger partial charge is 0.211 e. The van der Waals surface area contributed by atoms with Crippen LogP contribution in [0.15, 0.2) is 0 Å². The van der Waals surface area contributed by atoms with Crippen LogP contribution in [0.2, 0.25) is 0 Å². The molecule has 0 aromatic rings. The van der Waals surface area contributed by atoms with Crippen LogP contribution >= 0.6 is 0 Å². The summed E-state index contributed by atoms with van der Waals surface area (Å²) in [4.78, 5) is 0. The van der Waals surface area contributed by atoms with Crippen molar-refractivity contribution in [1.82, 2.24) is 4.31 Å². The second-order valence-electron chi connectivity index (χ2n) is 6.32. The van der Waals surface area contributed by atoms with Crippen LogP contribution in [0.3, 0.4) is 0 Å². The van der Waals surface area contributed by atoms with E-state index in [1.165, 1.54) is 10.6 Å². The fourth-order valence-corrected chi connectivity index (χ4v) is 4.32. The quantitative estimate of drug-likeness (QED) is 0.860. The number of nitrogens with two attached hydrogens (primary N) is 1. The fraction of sp³-hybridized carbons (Fsp3) is 1.00. The molecule has 0 amide bonds. The predicted molar refractivity (Wildman–Crippen MR) is 74.0 cm³/mol. The Balaban J connectivity index is 1.92. The predicted octanol–water partition coefficient (Wildman–Crippen LogP) is 1.66. The molecular formula is C13H25FN2O2S. The van der Waals surface area contributed by atoms with Crippen LogP contribution in [0.5, 0.6) is 0 Å². The molecule has 4 nitrogen and oxygen atoms in total. The van der Waals surface area contributed by atoms with Crippen molar-refractivity contribution in [1.29, 1.82) is 0 Å². The summed E-state index contributed by atoms with van der Waals surface area (Å²) in [6, 6.07) is 0.141. The molecule has 2 rings (SSSR count). The molecule has 0 radical (unpaired) electrons. The zero-order valence-corrected chi connectivity index (χ0v) is 12.5. The summed E-state index contributed by atoms with van der Waals surface area (Å²) < 4.78 is 39.4. The summed E-state index contributed by atoms with van der Waals surface area (Å²) in [5.74, 6) is 0.155. The largest absolute Gasteiger partial charge is 0.328 e. The molecule has 1 heterocycles. The Hall–Kier alpha value is -0.200. The normalized spacial score (nSPS) is 38.3. The van der Waals surface area contributed by atoms with Crippen LogP contribution in [0.4, 0.5) is 4.39 Å². The SMILES string of the molecule is CS(=O)(=O)N1CCCC(CC2(F)CCC(N)CC2)C1. The Labute approximate surface area is 115 Å². The molecule has 6 heteroatoms. The van der Waals surface area contributed by atoms with Gasteiger partial charge in [-0.1, -0.05) is 0 Å². The van der Waals surface area contributed by atoms with E-state index in [1.807, 2.05) is 0 Å². The van der Waals surface area contributed by atoms with Crippen LogP contribution in [-0.4, -0.2) is 43.8 Å². The molecule has 2 N–H and O–H groups in total. The highest BCUT2D eigenvalue weighted by molar-refractivity contribution is 7.88. The number of halogens is 1. The van der Waals surface area contributed by atoms with Gasteiger partial charge in [-0.15, -0.1) is 0 Å². The van der Waals surface area contributed by atoms with Crippen molar-refractivity contribution in [3.8, 4) is 0 Å². The topological polar surface area (TPSA) is 63.4 Å². The highest BCUT2D eigenvalue weighted by atomic mass is 32.2. The van der Waals surface area contributed by atoms with Crippen LogP contribution in [0.25, 0.3) is 0 Å². The Bertz CT molecular complexity index is 405. The Morgan fingerprint density at radius 3 is 2.53 bits per heavy atom. The van der Waals surface area contributed by atoms with Gasteiger partial charge in [0.25, 0.3) is 0 Å². The van der Waals surface area contributed by atoms with Gasteiger partial charge in [0.2, 0.25) is 10.0 Å². The third-order valence-corrected chi connectivity index (χ3v) is 5.80. The summed E-state index contributed by atoms with van der Waals surface area (Å²) in [6.45, 7) is 1.07. The highest BCUT2D eigenvalue weighted by Crippen LogP contribution is 2.38. The number of hydrogen-bond donors (Lipinski definition) is 1. The number of hydrogen-bond acceptors (Lipinski definition) is 3. The molecule has 2 aliphatic rings. The minimum atomic E-state index is -3.14. The molecule has 1 unspecified atom stereocenters. The lowest BCUT2D eigenvalue weighted by Gasteiger charge is -2.38. The molecule has 1 aliphatic heterocycles. The number of nitrogens with zero attached hydrogens (tertiary/aromatic N) is 1. The van der Waals surface area contributed by atoms with Gasteiger partial charge >= 0.3 is 0 Å². The summed E-state index contributed by atoms with van der Waals surface area (Å²) in [5, 5.41) is 0. The highest BCUT2D eigenvalue weighted by Gasteiger charge is 2.38. The number of rotatable bonds is 3. The molecule has 0 aromatic heterocycles. The first-order valence-electron chi connectivity index (χ1n) is 7.18. The van der Waals surface area contributed by atoms with Crippen molar-refractivity contribution in [2.45, 2.75) is 56.7 Å². The summed E-state index contributed by atoms with van der Waals surface area (Å²) in [7, 11) is -3.14. The maximum absolute atomic E-state index is 14.7. The van der Waals surface area contributed by atoms with Crippen molar-refractivity contribution in [2.75, 3.05) is 19.3 Å². The number of alkyl halides is 1. The van der Waals surface area contributed by atoms with Gasteiger partial charge in [-0.3, -0.25) is 0 Å². The second-order valence-corrected chi connectivity index (χ2v) is 8.30. The maximum Gasteiger partial charge on any atom is 0.211 e. The van der Waals surface area contributed by atoms with Gasteiger partial charge < -0.3 is 5.73 Å². The fourth-order valence-electron chi connectivity index (χ4n) is 3.37. The first kappa shape index (κ1) is 15.2. The van der Waals surface area contributed by atoms with E-state index < -0.39 is 15.7 Å². The van der Waals surface area contributed by atoms with Gasteiger partial charge in [0.15, 0.2) is 0 Å². The number of sulfonamides is 1. The van der Waals surface area contributed by atoms with Crippen molar-refractivity contribution < 1.29 is 12.8 Å². The van der Waals surface area contributed by atoms with Crippen LogP contribution in [-0.2, 0) is 10.0 Å². The van der Waals surface area contributed by atoms with Crippen molar-refractivity contribution in [3.05, 3.63) is 0 Å². The van der Waals surface area contributed by atoms with E-state index in [4.69, 9.17) is 5.73 Å². The van der Waals surface area contributed by atoms with Gasteiger partial charge in [-0.2, -0.15) is 0 Å². The Kier molecular flexibility index (Phi) is 4.52. The molecule has 1 aliphatic carbocycles. The van der Waals surface area contributed by atoms with Gasteiger partial charge in [0.05, 0.1) is 6.26 Å². The molecule has 1 saturated carbocycles. The van der Waals surface area contributed by atoms with E-state index in [2.05, 4.69) is 0 Å². The van der Waals surface area contributed by atoms with E-state index in [9.17, 15) is 12.8 Å². The first-order valence-corrected chi connectivity index (χ1v) is 9.03.